The summed E-state index contributed by atoms with van der Waals surface area (Å²) in [5.74, 6) is -1.34. The van der Waals surface area contributed by atoms with Crippen LogP contribution in [0.25, 0.3) is 0 Å². The molecule has 37 heavy (non-hydrogen) atoms. The van der Waals surface area contributed by atoms with Crippen molar-refractivity contribution in [3.8, 4) is 0 Å². The van der Waals surface area contributed by atoms with Crippen LogP contribution in [0.5, 0.6) is 0 Å². The Balaban J connectivity index is 1.65. The lowest BCUT2D eigenvalue weighted by molar-refractivity contribution is -0.114. The molecular formula is C29H29ClN4O2S. The molecule has 1 amide bonds. The number of carbonyl (C=O) groups excluding carboxylic acids is 1. The standard InChI is InChI=1S/C29H29ClN4O2S/c1-19(2)33(24-12-8-5-9-13-24)29(36)18-37-28-31-20(3)25(27(35)32-23-10-6-4-7-11-23)26(34(28)29)21-14-16-22(30)17-15-21/h4-17,19,26,36H,18H2,1-3H3,(H,32,35). The molecular weight excluding hydrogens is 504 g/mol. The minimum atomic E-state index is -1.44. The van der Waals surface area contributed by atoms with Crippen LogP contribution in [0.2, 0.25) is 5.02 Å². The maximum absolute atomic E-state index is 13.8. The summed E-state index contributed by atoms with van der Waals surface area (Å²) in [6, 6.07) is 26.0. The minimum absolute atomic E-state index is 0.0354. The van der Waals surface area contributed by atoms with Crippen molar-refractivity contribution in [1.29, 1.82) is 0 Å². The number of carbonyl (C=O) groups is 1. The van der Waals surface area contributed by atoms with Crippen LogP contribution in [0.1, 0.15) is 32.4 Å². The number of allylic oxidation sites excluding steroid dienone is 1. The van der Waals surface area contributed by atoms with E-state index in [9.17, 15) is 9.90 Å². The Morgan fingerprint density at radius 3 is 2.32 bits per heavy atom. The third kappa shape index (κ3) is 4.75. The van der Waals surface area contributed by atoms with Crippen LogP contribution < -0.4 is 10.2 Å². The molecule has 1 saturated heterocycles. The Bertz CT molecular complexity index is 1350. The zero-order valence-corrected chi connectivity index (χ0v) is 22.5. The van der Waals surface area contributed by atoms with E-state index in [-0.39, 0.29) is 11.9 Å². The molecule has 3 aromatic rings. The predicted molar refractivity (Wildman–Crippen MR) is 153 cm³/mol. The summed E-state index contributed by atoms with van der Waals surface area (Å²) in [6.45, 7) is 5.95. The molecule has 2 unspecified atom stereocenters. The molecule has 3 aromatic carbocycles. The Labute approximate surface area is 226 Å². The fraction of sp³-hybridized carbons (Fsp3) is 0.241. The molecule has 6 nitrogen and oxygen atoms in total. The van der Waals surface area contributed by atoms with E-state index in [0.29, 0.717) is 32.9 Å². The van der Waals surface area contributed by atoms with E-state index in [4.69, 9.17) is 16.6 Å². The molecule has 0 bridgehead atoms. The number of aliphatic imine (C=N–C) groups is 1. The summed E-state index contributed by atoms with van der Waals surface area (Å²) in [7, 11) is 0. The average Bonchev–Trinajstić information content (AvgIpc) is 3.21. The SMILES string of the molecule is CC1=C(C(=O)Nc2ccccc2)C(c2ccc(Cl)cc2)N2C(=N1)SCC2(O)N(c1ccccc1)C(C)C. The fourth-order valence-corrected chi connectivity index (χ4v) is 6.37. The molecule has 2 aliphatic heterocycles. The third-order valence-corrected chi connectivity index (χ3v) is 7.90. The number of nitrogens with one attached hydrogen (secondary N) is 1. The number of amidine groups is 1. The van der Waals surface area contributed by atoms with Gasteiger partial charge in [-0.2, -0.15) is 0 Å². The predicted octanol–water partition coefficient (Wildman–Crippen LogP) is 6.27. The van der Waals surface area contributed by atoms with Gasteiger partial charge in [0.1, 0.15) is 0 Å². The maximum atomic E-state index is 13.8. The first kappa shape index (κ1) is 25.4. The van der Waals surface area contributed by atoms with Crippen molar-refractivity contribution in [1.82, 2.24) is 4.90 Å². The van der Waals surface area contributed by atoms with E-state index >= 15 is 0 Å². The van der Waals surface area contributed by atoms with Crippen LogP contribution in [-0.2, 0) is 4.79 Å². The van der Waals surface area contributed by atoms with Crippen molar-refractivity contribution in [3.05, 3.63) is 107 Å². The number of amides is 1. The highest BCUT2D eigenvalue weighted by Gasteiger charge is 2.55. The molecule has 0 spiro atoms. The van der Waals surface area contributed by atoms with Crippen LogP contribution in [0.3, 0.4) is 0 Å². The Morgan fingerprint density at radius 2 is 1.70 bits per heavy atom. The first-order chi connectivity index (χ1) is 17.8. The van der Waals surface area contributed by atoms with Crippen LogP contribution in [0.4, 0.5) is 11.4 Å². The lowest BCUT2D eigenvalue weighted by atomic mass is 9.92. The molecule has 0 aliphatic carbocycles. The van der Waals surface area contributed by atoms with Crippen molar-refractivity contribution in [2.24, 2.45) is 4.99 Å². The summed E-state index contributed by atoms with van der Waals surface area (Å²) < 4.78 is 0. The monoisotopic (exact) mass is 532 g/mol. The first-order valence-corrected chi connectivity index (χ1v) is 13.6. The lowest BCUT2D eigenvalue weighted by Crippen LogP contribution is -2.64. The maximum Gasteiger partial charge on any atom is 0.255 e. The van der Waals surface area contributed by atoms with E-state index in [1.54, 1.807) is 0 Å². The largest absolute Gasteiger partial charge is 0.353 e. The number of aliphatic hydroxyl groups is 1. The van der Waals surface area contributed by atoms with Gasteiger partial charge in [-0.15, -0.1) is 0 Å². The molecule has 190 valence electrons. The normalized spacial score (nSPS) is 21.1. The van der Waals surface area contributed by atoms with E-state index in [1.807, 2.05) is 102 Å². The molecule has 0 radical (unpaired) electrons. The van der Waals surface area contributed by atoms with Crippen molar-refractivity contribution in [3.63, 3.8) is 0 Å². The van der Waals surface area contributed by atoms with Gasteiger partial charge < -0.3 is 15.3 Å². The van der Waals surface area contributed by atoms with Gasteiger partial charge >= 0.3 is 0 Å². The zero-order valence-electron chi connectivity index (χ0n) is 20.9. The number of benzene rings is 3. The van der Waals surface area contributed by atoms with Gasteiger partial charge in [-0.3, -0.25) is 9.69 Å². The van der Waals surface area contributed by atoms with Crippen LogP contribution in [-0.4, -0.2) is 38.7 Å². The summed E-state index contributed by atoms with van der Waals surface area (Å²) in [5.41, 5.74) is 3.52. The van der Waals surface area contributed by atoms with Crippen molar-refractivity contribution in [2.75, 3.05) is 16.0 Å². The second kappa shape index (κ2) is 10.2. The van der Waals surface area contributed by atoms with Gasteiger partial charge in [-0.25, -0.2) is 4.99 Å². The molecule has 5 rings (SSSR count). The summed E-state index contributed by atoms with van der Waals surface area (Å²) in [6.07, 6.45) is 0. The number of hydrogen-bond donors (Lipinski definition) is 2. The molecule has 0 aromatic heterocycles. The van der Waals surface area contributed by atoms with Gasteiger partial charge in [0.2, 0.25) is 5.85 Å². The summed E-state index contributed by atoms with van der Waals surface area (Å²) in [4.78, 5) is 22.5. The number of rotatable bonds is 6. The smallest absolute Gasteiger partial charge is 0.255 e. The van der Waals surface area contributed by atoms with Crippen LogP contribution >= 0.6 is 23.4 Å². The van der Waals surface area contributed by atoms with Crippen LogP contribution in [0, 0.1) is 0 Å². The topological polar surface area (TPSA) is 68.2 Å². The molecule has 2 heterocycles. The van der Waals surface area contributed by atoms with Gasteiger partial charge in [0, 0.05) is 22.4 Å². The third-order valence-electron chi connectivity index (χ3n) is 6.57. The second-order valence-electron chi connectivity index (χ2n) is 9.40. The van der Waals surface area contributed by atoms with Gasteiger partial charge in [0.25, 0.3) is 5.91 Å². The number of para-hydroxylation sites is 2. The minimum Gasteiger partial charge on any atom is -0.353 e. The van der Waals surface area contributed by atoms with E-state index < -0.39 is 11.9 Å². The molecule has 1 fully saturated rings. The number of thioether (sulfide) groups is 1. The highest BCUT2D eigenvalue weighted by atomic mass is 35.5. The summed E-state index contributed by atoms with van der Waals surface area (Å²) >= 11 is 7.72. The van der Waals surface area contributed by atoms with Gasteiger partial charge in [0.05, 0.1) is 23.1 Å². The molecule has 2 aliphatic rings. The lowest BCUT2D eigenvalue weighted by Gasteiger charge is -2.50. The van der Waals surface area contributed by atoms with Gasteiger partial charge in [-0.05, 0) is 62.7 Å². The Hall–Kier alpha value is -3.26. The first-order valence-electron chi connectivity index (χ1n) is 12.2. The zero-order chi connectivity index (χ0) is 26.2. The highest BCUT2D eigenvalue weighted by Crippen LogP contribution is 2.49. The van der Waals surface area contributed by atoms with Crippen molar-refractivity contribution < 1.29 is 9.90 Å². The van der Waals surface area contributed by atoms with Gasteiger partial charge in [0.15, 0.2) is 5.17 Å². The number of halogens is 1. The molecule has 2 N–H and O–H groups in total. The average molecular weight is 533 g/mol. The quantitative estimate of drug-likeness (QED) is 0.366. The van der Waals surface area contributed by atoms with Crippen molar-refractivity contribution >= 4 is 45.8 Å². The van der Waals surface area contributed by atoms with E-state index in [0.717, 1.165) is 11.3 Å². The van der Waals surface area contributed by atoms with Crippen LogP contribution in [0.15, 0.2) is 101 Å². The Morgan fingerprint density at radius 1 is 1.08 bits per heavy atom. The number of nitrogens with zero attached hydrogens (tertiary/aromatic N) is 3. The van der Waals surface area contributed by atoms with Gasteiger partial charge in [-0.1, -0.05) is 71.9 Å². The van der Waals surface area contributed by atoms with Crippen molar-refractivity contribution in [2.45, 2.75) is 38.7 Å². The summed E-state index contributed by atoms with van der Waals surface area (Å²) in [5, 5.41) is 16.8. The molecule has 0 saturated carbocycles. The Kier molecular flexibility index (Phi) is 7.03. The van der Waals surface area contributed by atoms with E-state index in [2.05, 4.69) is 19.2 Å². The second-order valence-corrected chi connectivity index (χ2v) is 10.8. The highest BCUT2D eigenvalue weighted by molar-refractivity contribution is 8.14. The number of fused-ring (bicyclic) bond motifs is 1. The fourth-order valence-electron chi connectivity index (χ4n) is 5.05. The molecule has 8 heteroatoms. The molecule has 2 atom stereocenters. The van der Waals surface area contributed by atoms with E-state index in [1.165, 1.54) is 11.8 Å². The number of anilines is 2. The number of hydrogen-bond acceptors (Lipinski definition) is 6.